The topological polar surface area (TPSA) is 64.6 Å². The Morgan fingerprint density at radius 1 is 0.879 bits per heavy atom. The summed E-state index contributed by atoms with van der Waals surface area (Å²) in [6.07, 6.45) is 11.0. The number of amides is 1. The number of ketones is 1. The van der Waals surface area contributed by atoms with E-state index in [1.807, 2.05) is 34.6 Å². The van der Waals surface area contributed by atoms with Crippen LogP contribution in [0.25, 0.3) is 0 Å². The Bertz CT molecular complexity index is 485. The fourth-order valence-corrected chi connectivity index (χ4v) is 4.63. The molecule has 2 saturated carbocycles. The van der Waals surface area contributed by atoms with Gasteiger partial charge in [0, 0.05) is 46.0 Å². The van der Waals surface area contributed by atoms with Crippen LogP contribution < -0.4 is 5.32 Å². The van der Waals surface area contributed by atoms with Crippen LogP contribution in [-0.4, -0.2) is 43.7 Å². The molecule has 0 heterocycles. The average molecular weight is 472 g/mol. The van der Waals surface area contributed by atoms with Crippen molar-refractivity contribution in [3.8, 4) is 0 Å². The van der Waals surface area contributed by atoms with E-state index in [2.05, 4.69) is 19.2 Å². The molecule has 0 radical (unpaired) electrons. The quantitative estimate of drug-likeness (QED) is 0.312. The lowest BCUT2D eigenvalue weighted by molar-refractivity contribution is -0.124. The van der Waals surface area contributed by atoms with Crippen molar-refractivity contribution in [3.05, 3.63) is 0 Å². The molecule has 0 unspecified atom stereocenters. The number of carbonyl (C=O) groups excluding carboxylic acids is 2. The van der Waals surface area contributed by atoms with E-state index in [0.29, 0.717) is 43.2 Å². The van der Waals surface area contributed by atoms with Crippen LogP contribution in [0.2, 0.25) is 0 Å². The van der Waals surface area contributed by atoms with Gasteiger partial charge in [-0.25, -0.2) is 0 Å². The molecule has 2 aliphatic rings. The van der Waals surface area contributed by atoms with Gasteiger partial charge in [0.15, 0.2) is 0 Å². The third-order valence-corrected chi connectivity index (χ3v) is 6.57. The Balaban J connectivity index is 0. The van der Waals surface area contributed by atoms with Gasteiger partial charge in [0.2, 0.25) is 5.91 Å². The van der Waals surface area contributed by atoms with Gasteiger partial charge in [-0.05, 0) is 83.5 Å². The molecule has 2 aliphatic carbocycles. The van der Waals surface area contributed by atoms with Crippen LogP contribution in [0.4, 0.5) is 0 Å². The van der Waals surface area contributed by atoms with Gasteiger partial charge >= 0.3 is 0 Å². The number of nitrogens with one attached hydrogen (secondary N) is 1. The maximum atomic E-state index is 12.1. The molecule has 198 valence electrons. The van der Waals surface area contributed by atoms with Crippen LogP contribution in [0, 0.1) is 17.8 Å². The van der Waals surface area contributed by atoms with Gasteiger partial charge in [-0.1, -0.05) is 34.6 Å². The van der Waals surface area contributed by atoms with Crippen LogP contribution in [0.3, 0.4) is 0 Å². The summed E-state index contributed by atoms with van der Waals surface area (Å²) in [5.41, 5.74) is 0. The highest BCUT2D eigenvalue weighted by Gasteiger charge is 2.26. The number of rotatable bonds is 12. The Kier molecular flexibility index (Phi) is 19.9. The van der Waals surface area contributed by atoms with Crippen LogP contribution in [-0.2, 0) is 19.1 Å². The van der Waals surface area contributed by atoms with E-state index in [4.69, 9.17) is 9.47 Å². The summed E-state index contributed by atoms with van der Waals surface area (Å²) in [4.78, 5) is 23.9. The predicted molar refractivity (Wildman–Crippen MR) is 141 cm³/mol. The second-order valence-corrected chi connectivity index (χ2v) is 9.38. The SMILES string of the molecule is CC.CC.CCC(=O)C1CCC(NC(=O)CCCOCC2CCC(COC(C)C)CC2)CC1.[HH]. The number of Topliss-reactive ketones (excluding diaryl/α,β-unsaturated/α-hetero) is 1. The molecule has 0 atom stereocenters. The first-order valence-corrected chi connectivity index (χ1v) is 14.0. The van der Waals surface area contributed by atoms with E-state index in [1.54, 1.807) is 0 Å². The van der Waals surface area contributed by atoms with Crippen molar-refractivity contribution in [1.82, 2.24) is 5.32 Å². The van der Waals surface area contributed by atoms with Crippen molar-refractivity contribution in [1.29, 1.82) is 0 Å². The molecule has 2 rings (SSSR count). The first-order valence-electron chi connectivity index (χ1n) is 14.0. The largest absolute Gasteiger partial charge is 0.381 e. The summed E-state index contributed by atoms with van der Waals surface area (Å²) in [5, 5.41) is 3.14. The van der Waals surface area contributed by atoms with Crippen LogP contribution in [0.15, 0.2) is 0 Å². The average Bonchev–Trinajstić information content (AvgIpc) is 2.85. The van der Waals surface area contributed by atoms with Crippen molar-refractivity contribution in [2.45, 2.75) is 131 Å². The molecular formula is C28H57NO4. The van der Waals surface area contributed by atoms with Crippen molar-refractivity contribution in [3.63, 3.8) is 0 Å². The first-order chi connectivity index (χ1) is 16.0. The monoisotopic (exact) mass is 471 g/mol. The summed E-state index contributed by atoms with van der Waals surface area (Å²) < 4.78 is 11.6. The second kappa shape index (κ2) is 20.4. The molecule has 0 aromatic carbocycles. The van der Waals surface area contributed by atoms with Gasteiger partial charge in [0.1, 0.15) is 5.78 Å². The third kappa shape index (κ3) is 14.8. The van der Waals surface area contributed by atoms with Crippen molar-refractivity contribution >= 4 is 11.7 Å². The smallest absolute Gasteiger partial charge is 0.220 e. The van der Waals surface area contributed by atoms with Crippen LogP contribution >= 0.6 is 0 Å². The first kappa shape index (κ1) is 32.1. The fourth-order valence-electron chi connectivity index (χ4n) is 4.63. The summed E-state index contributed by atoms with van der Waals surface area (Å²) in [5.74, 6) is 2.11. The summed E-state index contributed by atoms with van der Waals surface area (Å²) >= 11 is 0. The van der Waals surface area contributed by atoms with Gasteiger partial charge in [0.05, 0.1) is 6.10 Å². The van der Waals surface area contributed by atoms with Crippen molar-refractivity contribution < 1.29 is 20.5 Å². The molecule has 0 spiro atoms. The molecule has 0 aromatic rings. The van der Waals surface area contributed by atoms with Gasteiger partial charge in [0.25, 0.3) is 0 Å². The van der Waals surface area contributed by atoms with E-state index in [1.165, 1.54) is 25.7 Å². The third-order valence-electron chi connectivity index (χ3n) is 6.57. The number of carbonyl (C=O) groups is 2. The molecule has 0 aliphatic heterocycles. The van der Waals surface area contributed by atoms with E-state index in [0.717, 1.165) is 45.3 Å². The van der Waals surface area contributed by atoms with Gasteiger partial charge in [-0.15, -0.1) is 0 Å². The van der Waals surface area contributed by atoms with Crippen LogP contribution in [0.5, 0.6) is 0 Å². The molecule has 5 heteroatoms. The van der Waals surface area contributed by atoms with E-state index < -0.39 is 0 Å². The maximum absolute atomic E-state index is 12.1. The van der Waals surface area contributed by atoms with Gasteiger partial charge in [-0.2, -0.15) is 0 Å². The molecule has 1 amide bonds. The van der Waals surface area contributed by atoms with E-state index in [9.17, 15) is 9.59 Å². The van der Waals surface area contributed by atoms with Gasteiger partial charge in [-0.3, -0.25) is 9.59 Å². The molecule has 5 nitrogen and oxygen atoms in total. The molecule has 0 bridgehead atoms. The van der Waals surface area contributed by atoms with E-state index >= 15 is 0 Å². The lowest BCUT2D eigenvalue weighted by Gasteiger charge is -2.29. The van der Waals surface area contributed by atoms with Crippen molar-refractivity contribution in [2.24, 2.45) is 17.8 Å². The van der Waals surface area contributed by atoms with Crippen molar-refractivity contribution in [2.75, 3.05) is 19.8 Å². The molecule has 2 fully saturated rings. The fraction of sp³-hybridized carbons (Fsp3) is 0.929. The van der Waals surface area contributed by atoms with Crippen LogP contribution in [0.1, 0.15) is 121 Å². The molecule has 0 aromatic heterocycles. The normalized spacial score (nSPS) is 24.7. The number of hydrogen-bond acceptors (Lipinski definition) is 4. The maximum Gasteiger partial charge on any atom is 0.220 e. The number of hydrogen-bond donors (Lipinski definition) is 1. The molecular weight excluding hydrogens is 414 g/mol. The molecule has 1 N–H and O–H groups in total. The van der Waals surface area contributed by atoms with E-state index in [-0.39, 0.29) is 19.3 Å². The summed E-state index contributed by atoms with van der Waals surface area (Å²) in [6, 6.07) is 0.249. The minimum atomic E-state index is 0. The zero-order valence-electron chi connectivity index (χ0n) is 22.9. The predicted octanol–water partition coefficient (Wildman–Crippen LogP) is 6.97. The summed E-state index contributed by atoms with van der Waals surface area (Å²) in [6.45, 7) is 16.5. The van der Waals surface area contributed by atoms with Gasteiger partial charge < -0.3 is 14.8 Å². The Morgan fingerprint density at radius 2 is 1.42 bits per heavy atom. The lowest BCUT2D eigenvalue weighted by atomic mass is 9.83. The zero-order chi connectivity index (χ0) is 25.1. The highest BCUT2D eigenvalue weighted by atomic mass is 16.5. The highest BCUT2D eigenvalue weighted by Crippen LogP contribution is 2.29. The molecule has 0 saturated heterocycles. The lowest BCUT2D eigenvalue weighted by Crippen LogP contribution is -2.38. The highest BCUT2D eigenvalue weighted by molar-refractivity contribution is 5.80. The Labute approximate surface area is 206 Å². The second-order valence-electron chi connectivity index (χ2n) is 9.38. The summed E-state index contributed by atoms with van der Waals surface area (Å²) in [7, 11) is 0. The standard InChI is InChI=1S/C24H43NO4.2C2H6.H2/c1-4-23(26)21-11-13-22(14-12-21)25-24(27)6-5-15-28-16-19-7-9-20(10-8-19)17-29-18(2)3;2*1-2;/h18-22H,4-17H2,1-3H3,(H,25,27);2*1-2H3;1H. The number of ether oxygens (including phenoxy) is 2. The Hall–Kier alpha value is -0.940. The zero-order valence-corrected chi connectivity index (χ0v) is 22.9. The molecule has 33 heavy (non-hydrogen) atoms. The minimum absolute atomic E-state index is 0. The minimum Gasteiger partial charge on any atom is -0.381 e. The Morgan fingerprint density at radius 3 is 1.94 bits per heavy atom.